The lowest BCUT2D eigenvalue weighted by Gasteiger charge is -2.24. The lowest BCUT2D eigenvalue weighted by Crippen LogP contribution is -2.42. The molecule has 0 bridgehead atoms. The molecule has 2 aromatic carbocycles. The molecule has 0 saturated carbocycles. The zero-order valence-electron chi connectivity index (χ0n) is 12.9. The molecule has 2 aromatic rings. The average Bonchev–Trinajstić information content (AvgIpc) is 2.78. The number of nitrogens with one attached hydrogen (secondary N) is 2. The lowest BCUT2D eigenvalue weighted by atomic mass is 9.88. The molecule has 1 heterocycles. The van der Waals surface area contributed by atoms with E-state index in [-0.39, 0.29) is 6.54 Å². The molecular formula is C17H17N3O3. The fourth-order valence-corrected chi connectivity index (χ4v) is 2.91. The van der Waals surface area contributed by atoms with Crippen LogP contribution in [0, 0.1) is 0 Å². The summed E-state index contributed by atoms with van der Waals surface area (Å²) in [4.78, 5) is 37.4. The maximum Gasteiger partial charge on any atom is 0.325 e. The Balaban J connectivity index is 2.06. The maximum atomic E-state index is 12.8. The summed E-state index contributed by atoms with van der Waals surface area (Å²) >= 11 is 0. The van der Waals surface area contributed by atoms with Crippen molar-refractivity contribution < 1.29 is 14.4 Å². The molecule has 4 amide bonds. The highest BCUT2D eigenvalue weighted by Crippen LogP contribution is 2.33. The summed E-state index contributed by atoms with van der Waals surface area (Å²) in [6, 6.07) is 12.7. The highest BCUT2D eigenvalue weighted by Gasteiger charge is 2.49. The standard InChI is InChI=1S/C17H17N3O3/c1-17(13-9-5-7-11-6-3-4-8-12(11)13)15(22)20(16(23)19-17)10-14(21)18-2/h3-9H,10H2,1-2H3,(H,18,21)(H,19,23)/t17-/m0/s1. The first kappa shape index (κ1) is 15.0. The highest BCUT2D eigenvalue weighted by molar-refractivity contribution is 6.10. The van der Waals surface area contributed by atoms with Crippen LogP contribution in [-0.4, -0.2) is 36.3 Å². The molecule has 0 spiro atoms. The molecule has 0 aliphatic carbocycles. The van der Waals surface area contributed by atoms with Crippen LogP contribution in [0.4, 0.5) is 4.79 Å². The normalized spacial score (nSPS) is 20.7. The molecule has 1 atom stereocenters. The summed E-state index contributed by atoms with van der Waals surface area (Å²) in [6.45, 7) is 1.38. The molecule has 2 N–H and O–H groups in total. The van der Waals surface area contributed by atoms with Gasteiger partial charge in [0.15, 0.2) is 0 Å². The van der Waals surface area contributed by atoms with E-state index in [1.807, 2.05) is 42.5 Å². The Labute approximate surface area is 133 Å². The van der Waals surface area contributed by atoms with Crippen LogP contribution in [-0.2, 0) is 15.1 Å². The zero-order valence-corrected chi connectivity index (χ0v) is 12.9. The van der Waals surface area contributed by atoms with Crippen molar-refractivity contribution >= 4 is 28.6 Å². The summed E-state index contributed by atoms with van der Waals surface area (Å²) < 4.78 is 0. The monoisotopic (exact) mass is 311 g/mol. The number of hydrogen-bond acceptors (Lipinski definition) is 3. The van der Waals surface area contributed by atoms with E-state index in [1.54, 1.807) is 6.92 Å². The van der Waals surface area contributed by atoms with Crippen molar-refractivity contribution in [3.05, 3.63) is 48.0 Å². The maximum absolute atomic E-state index is 12.8. The molecule has 1 aliphatic rings. The Morgan fingerprint density at radius 1 is 1.17 bits per heavy atom. The van der Waals surface area contributed by atoms with E-state index in [0.717, 1.165) is 15.7 Å². The highest BCUT2D eigenvalue weighted by atomic mass is 16.2. The number of carbonyl (C=O) groups excluding carboxylic acids is 3. The van der Waals surface area contributed by atoms with Gasteiger partial charge in [-0.1, -0.05) is 42.5 Å². The van der Waals surface area contributed by atoms with Crippen molar-refractivity contribution in [2.75, 3.05) is 13.6 Å². The van der Waals surface area contributed by atoms with Gasteiger partial charge in [-0.2, -0.15) is 0 Å². The third-order valence-corrected chi connectivity index (χ3v) is 4.18. The SMILES string of the molecule is CNC(=O)CN1C(=O)N[C@@](C)(c2cccc3ccccc23)C1=O. The molecule has 0 unspecified atom stereocenters. The predicted octanol–water partition coefficient (Wildman–Crippen LogP) is 1.35. The number of urea groups is 1. The van der Waals surface area contributed by atoms with Crippen molar-refractivity contribution in [3.8, 4) is 0 Å². The predicted molar refractivity (Wildman–Crippen MR) is 85.6 cm³/mol. The first-order valence-electron chi connectivity index (χ1n) is 7.30. The summed E-state index contributed by atoms with van der Waals surface area (Å²) in [5.41, 5.74) is -0.472. The van der Waals surface area contributed by atoms with Gasteiger partial charge in [0, 0.05) is 7.05 Å². The van der Waals surface area contributed by atoms with Gasteiger partial charge in [-0.3, -0.25) is 14.5 Å². The summed E-state index contributed by atoms with van der Waals surface area (Å²) in [6.07, 6.45) is 0. The van der Waals surface area contributed by atoms with Crippen molar-refractivity contribution in [1.82, 2.24) is 15.5 Å². The van der Waals surface area contributed by atoms with Gasteiger partial charge in [-0.05, 0) is 23.3 Å². The number of hydrogen-bond donors (Lipinski definition) is 2. The molecular weight excluding hydrogens is 294 g/mol. The lowest BCUT2D eigenvalue weighted by molar-refractivity contribution is -0.134. The van der Waals surface area contributed by atoms with Crippen LogP contribution >= 0.6 is 0 Å². The first-order valence-corrected chi connectivity index (χ1v) is 7.30. The molecule has 118 valence electrons. The number of carbonyl (C=O) groups is 3. The van der Waals surface area contributed by atoms with Gasteiger partial charge in [0.2, 0.25) is 5.91 Å². The van der Waals surface area contributed by atoms with Gasteiger partial charge in [-0.15, -0.1) is 0 Å². The van der Waals surface area contributed by atoms with Gasteiger partial charge in [0.05, 0.1) is 0 Å². The van der Waals surface area contributed by atoms with Crippen LogP contribution in [0.1, 0.15) is 12.5 Å². The quantitative estimate of drug-likeness (QED) is 0.840. The Hall–Kier alpha value is -2.89. The van der Waals surface area contributed by atoms with Gasteiger partial charge in [0.1, 0.15) is 12.1 Å². The van der Waals surface area contributed by atoms with Gasteiger partial charge < -0.3 is 10.6 Å². The fraction of sp³-hybridized carbons (Fsp3) is 0.235. The number of likely N-dealkylation sites (N-methyl/N-ethyl adjacent to an activating group) is 1. The average molecular weight is 311 g/mol. The van der Waals surface area contributed by atoms with E-state index >= 15 is 0 Å². The van der Waals surface area contributed by atoms with Crippen LogP contribution in [0.15, 0.2) is 42.5 Å². The number of imide groups is 1. The van der Waals surface area contributed by atoms with Crippen molar-refractivity contribution in [2.24, 2.45) is 0 Å². The van der Waals surface area contributed by atoms with Gasteiger partial charge in [0.25, 0.3) is 5.91 Å². The topological polar surface area (TPSA) is 78.5 Å². The number of rotatable bonds is 3. The van der Waals surface area contributed by atoms with E-state index in [0.29, 0.717) is 5.56 Å². The molecule has 1 saturated heterocycles. The third kappa shape index (κ3) is 2.32. The number of amides is 4. The van der Waals surface area contributed by atoms with Crippen LogP contribution in [0.5, 0.6) is 0 Å². The van der Waals surface area contributed by atoms with Crippen LogP contribution in [0.3, 0.4) is 0 Å². The Morgan fingerprint density at radius 2 is 1.87 bits per heavy atom. The smallest absolute Gasteiger partial charge is 0.325 e. The Kier molecular flexibility index (Phi) is 3.52. The largest absolute Gasteiger partial charge is 0.358 e. The molecule has 3 rings (SSSR count). The van der Waals surface area contributed by atoms with Crippen molar-refractivity contribution in [2.45, 2.75) is 12.5 Å². The zero-order chi connectivity index (χ0) is 16.6. The van der Waals surface area contributed by atoms with Crippen molar-refractivity contribution in [3.63, 3.8) is 0 Å². The molecule has 23 heavy (non-hydrogen) atoms. The Bertz CT molecular complexity index is 812. The molecule has 1 fully saturated rings. The van der Waals surface area contributed by atoms with Crippen LogP contribution in [0.2, 0.25) is 0 Å². The van der Waals surface area contributed by atoms with E-state index in [2.05, 4.69) is 10.6 Å². The second-order valence-corrected chi connectivity index (χ2v) is 5.65. The van der Waals surface area contributed by atoms with Crippen molar-refractivity contribution in [1.29, 1.82) is 0 Å². The van der Waals surface area contributed by atoms with Gasteiger partial charge in [-0.25, -0.2) is 4.79 Å². The summed E-state index contributed by atoms with van der Waals surface area (Å²) in [5.74, 6) is -0.821. The molecule has 1 aliphatic heterocycles. The number of benzene rings is 2. The van der Waals surface area contributed by atoms with Crippen LogP contribution < -0.4 is 10.6 Å². The van der Waals surface area contributed by atoms with E-state index < -0.39 is 23.4 Å². The first-order chi connectivity index (χ1) is 11.0. The minimum absolute atomic E-state index is 0.290. The molecule has 0 radical (unpaired) electrons. The van der Waals surface area contributed by atoms with E-state index in [1.165, 1.54) is 7.05 Å². The third-order valence-electron chi connectivity index (χ3n) is 4.18. The van der Waals surface area contributed by atoms with E-state index in [4.69, 9.17) is 0 Å². The Morgan fingerprint density at radius 3 is 2.61 bits per heavy atom. The van der Waals surface area contributed by atoms with Gasteiger partial charge >= 0.3 is 6.03 Å². The number of fused-ring (bicyclic) bond motifs is 1. The second-order valence-electron chi connectivity index (χ2n) is 5.65. The minimum atomic E-state index is -1.19. The van der Waals surface area contributed by atoms with E-state index in [9.17, 15) is 14.4 Å². The minimum Gasteiger partial charge on any atom is -0.358 e. The summed E-state index contributed by atoms with van der Waals surface area (Å²) in [7, 11) is 1.46. The molecule has 6 heteroatoms. The molecule has 6 nitrogen and oxygen atoms in total. The number of nitrogens with zero attached hydrogens (tertiary/aromatic N) is 1. The molecule has 0 aromatic heterocycles. The fourth-order valence-electron chi connectivity index (χ4n) is 2.91. The second kappa shape index (κ2) is 5.39. The van der Waals surface area contributed by atoms with Crippen LogP contribution in [0.25, 0.3) is 10.8 Å². The summed E-state index contributed by atoms with van der Waals surface area (Å²) in [5, 5.41) is 7.02.